The van der Waals surface area contributed by atoms with E-state index in [1.165, 1.54) is 11.0 Å². The van der Waals surface area contributed by atoms with E-state index < -0.39 is 0 Å². The van der Waals surface area contributed by atoms with Gasteiger partial charge in [0.15, 0.2) is 0 Å². The highest BCUT2D eigenvalue weighted by Gasteiger charge is 2.12. The molecule has 0 aliphatic carbocycles. The van der Waals surface area contributed by atoms with Crippen LogP contribution in [-0.4, -0.2) is 18.0 Å². The van der Waals surface area contributed by atoms with Gasteiger partial charge in [0, 0.05) is 11.5 Å². The summed E-state index contributed by atoms with van der Waals surface area (Å²) in [7, 11) is 0. The molecule has 3 heteroatoms. The van der Waals surface area contributed by atoms with E-state index in [1.807, 2.05) is 13.0 Å². The third-order valence-electron chi connectivity index (χ3n) is 4.20. The summed E-state index contributed by atoms with van der Waals surface area (Å²) >= 11 is 1.71. The Labute approximate surface area is 140 Å². The molecule has 1 N–H and O–H groups in total. The van der Waals surface area contributed by atoms with Crippen molar-refractivity contribution in [1.29, 1.82) is 0 Å². The van der Waals surface area contributed by atoms with Gasteiger partial charge in [-0.15, -0.1) is 11.8 Å². The van der Waals surface area contributed by atoms with Crippen LogP contribution in [0.25, 0.3) is 21.9 Å². The summed E-state index contributed by atoms with van der Waals surface area (Å²) in [6, 6.07) is 15.5. The number of halogens is 1. The number of rotatable bonds is 4. The van der Waals surface area contributed by atoms with E-state index in [9.17, 15) is 9.50 Å². The first kappa shape index (κ1) is 16.0. The molecule has 0 saturated heterocycles. The summed E-state index contributed by atoms with van der Waals surface area (Å²) in [5.41, 5.74) is 4.33. The van der Waals surface area contributed by atoms with Crippen molar-refractivity contribution in [3.8, 4) is 11.1 Å². The maximum Gasteiger partial charge on any atom is 0.123 e. The summed E-state index contributed by atoms with van der Waals surface area (Å²) in [5.74, 6) is -0.244. The van der Waals surface area contributed by atoms with Crippen molar-refractivity contribution < 1.29 is 9.50 Å². The van der Waals surface area contributed by atoms with Gasteiger partial charge < -0.3 is 5.11 Å². The quantitative estimate of drug-likeness (QED) is 0.664. The Morgan fingerprint density at radius 2 is 1.74 bits per heavy atom. The molecule has 3 rings (SSSR count). The van der Waals surface area contributed by atoms with E-state index in [-0.39, 0.29) is 12.4 Å². The molecule has 3 aromatic rings. The molecule has 3 aromatic carbocycles. The smallest absolute Gasteiger partial charge is 0.123 e. The summed E-state index contributed by atoms with van der Waals surface area (Å²) < 4.78 is 13.8. The molecule has 1 nitrogen and oxygen atoms in total. The molecule has 0 bridgehead atoms. The third kappa shape index (κ3) is 3.12. The molecule has 0 spiro atoms. The van der Waals surface area contributed by atoms with Gasteiger partial charge in [-0.3, -0.25) is 0 Å². The van der Waals surface area contributed by atoms with Crippen molar-refractivity contribution >= 4 is 22.5 Å². The van der Waals surface area contributed by atoms with Crippen LogP contribution >= 0.6 is 11.8 Å². The predicted octanol–water partition coefficient (Wildman–Crippen LogP) is 5.21. The molecular formula is C20H19FOS. The van der Waals surface area contributed by atoms with Crippen LogP contribution in [-0.2, 0) is 6.42 Å². The summed E-state index contributed by atoms with van der Waals surface area (Å²) in [5, 5.41) is 11.2. The zero-order valence-electron chi connectivity index (χ0n) is 13.3. The van der Waals surface area contributed by atoms with Gasteiger partial charge in [-0.2, -0.15) is 0 Å². The predicted molar refractivity (Wildman–Crippen MR) is 96.6 cm³/mol. The van der Waals surface area contributed by atoms with Gasteiger partial charge in [0.2, 0.25) is 0 Å². The lowest BCUT2D eigenvalue weighted by Gasteiger charge is -2.15. The normalized spacial score (nSPS) is 11.1. The second-order valence-electron chi connectivity index (χ2n) is 5.61. The molecule has 0 atom stereocenters. The van der Waals surface area contributed by atoms with Gasteiger partial charge in [-0.1, -0.05) is 24.3 Å². The molecule has 0 fully saturated rings. The number of hydrogen-bond acceptors (Lipinski definition) is 2. The first-order valence-corrected chi connectivity index (χ1v) is 8.83. The minimum Gasteiger partial charge on any atom is -0.396 e. The van der Waals surface area contributed by atoms with Gasteiger partial charge in [0.05, 0.1) is 0 Å². The van der Waals surface area contributed by atoms with E-state index in [2.05, 4.69) is 36.6 Å². The van der Waals surface area contributed by atoms with Crippen molar-refractivity contribution in [2.24, 2.45) is 0 Å². The topological polar surface area (TPSA) is 20.2 Å². The Hall–Kier alpha value is -1.84. The zero-order chi connectivity index (χ0) is 16.4. The van der Waals surface area contributed by atoms with Crippen LogP contribution in [0.3, 0.4) is 0 Å². The maximum atomic E-state index is 13.8. The highest BCUT2D eigenvalue weighted by Crippen LogP contribution is 2.34. The van der Waals surface area contributed by atoms with Crippen LogP contribution in [0.1, 0.15) is 11.1 Å². The Morgan fingerprint density at radius 3 is 2.39 bits per heavy atom. The fraction of sp³-hybridized carbons (Fsp3) is 0.200. The molecule has 118 valence electrons. The van der Waals surface area contributed by atoms with Crippen molar-refractivity contribution in [3.63, 3.8) is 0 Å². The maximum absolute atomic E-state index is 13.8. The fourth-order valence-corrected chi connectivity index (χ4v) is 3.46. The van der Waals surface area contributed by atoms with E-state index in [0.29, 0.717) is 6.42 Å². The van der Waals surface area contributed by atoms with Crippen molar-refractivity contribution in [3.05, 3.63) is 65.5 Å². The van der Waals surface area contributed by atoms with Gasteiger partial charge in [-0.05, 0) is 76.9 Å². The Bertz CT molecular complexity index is 840. The van der Waals surface area contributed by atoms with E-state index >= 15 is 0 Å². The zero-order valence-corrected chi connectivity index (χ0v) is 14.1. The van der Waals surface area contributed by atoms with E-state index in [1.54, 1.807) is 17.8 Å². The molecule has 0 aliphatic heterocycles. The molecular weight excluding hydrogens is 307 g/mol. The second kappa shape index (κ2) is 6.73. The van der Waals surface area contributed by atoms with Gasteiger partial charge in [0.1, 0.15) is 5.82 Å². The van der Waals surface area contributed by atoms with Crippen LogP contribution in [0.2, 0.25) is 0 Å². The van der Waals surface area contributed by atoms with Crippen LogP contribution < -0.4 is 0 Å². The molecule has 0 saturated carbocycles. The summed E-state index contributed by atoms with van der Waals surface area (Å²) in [6.07, 6.45) is 2.60. The molecule has 0 amide bonds. The van der Waals surface area contributed by atoms with Crippen LogP contribution in [0.15, 0.2) is 53.4 Å². The number of thioether (sulfide) groups is 1. The number of aryl methyl sites for hydroxylation is 1. The van der Waals surface area contributed by atoms with E-state index in [4.69, 9.17) is 0 Å². The third-order valence-corrected chi connectivity index (χ3v) is 4.94. The molecule has 0 radical (unpaired) electrons. The minimum absolute atomic E-state index is 0.0637. The number of benzene rings is 3. The highest BCUT2D eigenvalue weighted by atomic mass is 32.2. The number of fused-ring (bicyclic) bond motifs is 1. The van der Waals surface area contributed by atoms with Crippen LogP contribution in [0.4, 0.5) is 4.39 Å². The Balaban J connectivity index is 2.26. The molecule has 0 unspecified atom stereocenters. The van der Waals surface area contributed by atoms with Gasteiger partial charge in [-0.25, -0.2) is 4.39 Å². The van der Waals surface area contributed by atoms with Gasteiger partial charge in [0.25, 0.3) is 0 Å². The first-order valence-electron chi connectivity index (χ1n) is 7.61. The molecule has 0 aromatic heterocycles. The SMILES string of the molecule is CSc1ccc(-c2cc(C)c(CCO)c3cc(F)ccc23)cc1. The van der Waals surface area contributed by atoms with Crippen molar-refractivity contribution in [2.75, 3.05) is 12.9 Å². The number of aliphatic hydroxyl groups is 1. The Kier molecular flexibility index (Phi) is 4.69. The lowest BCUT2D eigenvalue weighted by Crippen LogP contribution is -1.98. The van der Waals surface area contributed by atoms with Crippen molar-refractivity contribution in [2.45, 2.75) is 18.2 Å². The Morgan fingerprint density at radius 1 is 1.00 bits per heavy atom. The minimum atomic E-state index is -0.244. The summed E-state index contributed by atoms with van der Waals surface area (Å²) in [6.45, 7) is 2.09. The summed E-state index contributed by atoms with van der Waals surface area (Å²) in [4.78, 5) is 1.22. The lowest BCUT2D eigenvalue weighted by atomic mass is 9.90. The average Bonchev–Trinajstić information content (AvgIpc) is 2.57. The largest absolute Gasteiger partial charge is 0.396 e. The molecule has 0 aliphatic rings. The first-order chi connectivity index (χ1) is 11.1. The number of hydrogen-bond donors (Lipinski definition) is 1. The number of aliphatic hydroxyl groups excluding tert-OH is 1. The average molecular weight is 326 g/mol. The molecule has 23 heavy (non-hydrogen) atoms. The lowest BCUT2D eigenvalue weighted by molar-refractivity contribution is 0.300. The van der Waals surface area contributed by atoms with E-state index in [0.717, 1.165) is 33.0 Å². The second-order valence-corrected chi connectivity index (χ2v) is 6.49. The van der Waals surface area contributed by atoms with Crippen molar-refractivity contribution in [1.82, 2.24) is 0 Å². The monoisotopic (exact) mass is 326 g/mol. The standard InChI is InChI=1S/C20H19FOS/c1-13-11-19(14-3-6-16(23-2)7-4-14)18-8-5-15(21)12-20(18)17(13)9-10-22/h3-8,11-12,22H,9-10H2,1-2H3. The molecule has 0 heterocycles. The van der Waals surface area contributed by atoms with Crippen LogP contribution in [0.5, 0.6) is 0 Å². The fourth-order valence-electron chi connectivity index (χ4n) is 3.05. The van der Waals surface area contributed by atoms with Gasteiger partial charge >= 0.3 is 0 Å². The van der Waals surface area contributed by atoms with Crippen LogP contribution in [0, 0.1) is 12.7 Å². The highest BCUT2D eigenvalue weighted by molar-refractivity contribution is 7.98.